The molecule has 0 saturated heterocycles. The summed E-state index contributed by atoms with van der Waals surface area (Å²) in [5.41, 5.74) is 2.05. The maximum absolute atomic E-state index is 4.58. The Balaban J connectivity index is 2.17. The van der Waals surface area contributed by atoms with Crippen molar-refractivity contribution < 1.29 is 0 Å². The molecular weight excluding hydrogens is 262 g/mol. The van der Waals surface area contributed by atoms with Gasteiger partial charge in [0.1, 0.15) is 17.5 Å². The van der Waals surface area contributed by atoms with Crippen LogP contribution in [-0.4, -0.2) is 21.5 Å². The van der Waals surface area contributed by atoms with Gasteiger partial charge in [-0.1, -0.05) is 19.9 Å². The second kappa shape index (κ2) is 7.57. The van der Waals surface area contributed by atoms with E-state index in [1.807, 2.05) is 25.1 Å². The zero-order chi connectivity index (χ0) is 15.1. The molecule has 0 atom stereocenters. The minimum atomic E-state index is 0.662. The first kappa shape index (κ1) is 15.2. The summed E-state index contributed by atoms with van der Waals surface area (Å²) < 4.78 is 0. The van der Waals surface area contributed by atoms with Gasteiger partial charge in [-0.2, -0.15) is 0 Å². The zero-order valence-corrected chi connectivity index (χ0v) is 13.0. The van der Waals surface area contributed by atoms with E-state index in [0.29, 0.717) is 6.54 Å². The Labute approximate surface area is 126 Å². The fourth-order valence-electron chi connectivity index (χ4n) is 1.99. The molecule has 0 aromatic carbocycles. The number of hydrogen-bond donors (Lipinski definition) is 2. The van der Waals surface area contributed by atoms with Crippen molar-refractivity contribution in [1.29, 1.82) is 0 Å². The van der Waals surface area contributed by atoms with Gasteiger partial charge >= 0.3 is 0 Å². The van der Waals surface area contributed by atoms with Crippen LogP contribution in [0.2, 0.25) is 0 Å². The van der Waals surface area contributed by atoms with Crippen LogP contribution in [0.15, 0.2) is 24.4 Å². The largest absolute Gasteiger partial charge is 0.370 e. The fraction of sp³-hybridized carbons (Fsp3) is 0.438. The van der Waals surface area contributed by atoms with E-state index in [-0.39, 0.29) is 0 Å². The summed E-state index contributed by atoms with van der Waals surface area (Å²) in [6, 6.07) is 5.91. The third kappa shape index (κ3) is 4.15. The normalized spacial score (nSPS) is 10.4. The first-order chi connectivity index (χ1) is 10.2. The lowest BCUT2D eigenvalue weighted by Crippen LogP contribution is -2.12. The zero-order valence-electron chi connectivity index (χ0n) is 13.0. The fourth-order valence-corrected chi connectivity index (χ4v) is 1.99. The molecule has 2 heterocycles. The van der Waals surface area contributed by atoms with Gasteiger partial charge in [0.2, 0.25) is 0 Å². The van der Waals surface area contributed by atoms with Crippen molar-refractivity contribution in [2.45, 2.75) is 40.2 Å². The van der Waals surface area contributed by atoms with Crippen LogP contribution >= 0.6 is 0 Å². The number of nitrogens with zero attached hydrogens (tertiary/aromatic N) is 3. The highest BCUT2D eigenvalue weighted by Gasteiger charge is 2.09. The van der Waals surface area contributed by atoms with Crippen LogP contribution in [0.5, 0.6) is 0 Å². The Morgan fingerprint density at radius 3 is 2.43 bits per heavy atom. The molecular formula is C16H23N5. The van der Waals surface area contributed by atoms with E-state index in [0.717, 1.165) is 48.1 Å². The molecule has 0 spiro atoms. The Morgan fingerprint density at radius 2 is 1.81 bits per heavy atom. The molecule has 0 aliphatic heterocycles. The van der Waals surface area contributed by atoms with Crippen molar-refractivity contribution in [1.82, 2.24) is 15.0 Å². The minimum Gasteiger partial charge on any atom is -0.370 e. The highest BCUT2D eigenvalue weighted by Crippen LogP contribution is 2.20. The molecule has 0 bridgehead atoms. The molecule has 2 aromatic rings. The van der Waals surface area contributed by atoms with Gasteiger partial charge in [-0.3, -0.25) is 4.98 Å². The molecule has 0 radical (unpaired) electrons. The Kier molecular flexibility index (Phi) is 5.49. The lowest BCUT2D eigenvalue weighted by atomic mass is 10.2. The number of aryl methyl sites for hydroxylation is 1. The van der Waals surface area contributed by atoms with Crippen molar-refractivity contribution >= 4 is 11.6 Å². The van der Waals surface area contributed by atoms with E-state index in [9.17, 15) is 0 Å². The summed E-state index contributed by atoms with van der Waals surface area (Å²) >= 11 is 0. The van der Waals surface area contributed by atoms with E-state index in [1.165, 1.54) is 0 Å². The molecule has 5 heteroatoms. The molecule has 0 fully saturated rings. The van der Waals surface area contributed by atoms with Crippen molar-refractivity contribution in [2.24, 2.45) is 0 Å². The summed E-state index contributed by atoms with van der Waals surface area (Å²) in [6.07, 6.45) is 3.69. The molecule has 0 amide bonds. The van der Waals surface area contributed by atoms with Crippen molar-refractivity contribution in [3.63, 3.8) is 0 Å². The number of rotatable bonds is 7. The molecule has 0 saturated carbocycles. The van der Waals surface area contributed by atoms with Crippen LogP contribution in [0, 0.1) is 6.92 Å². The van der Waals surface area contributed by atoms with Crippen molar-refractivity contribution in [3.8, 4) is 0 Å². The lowest BCUT2D eigenvalue weighted by molar-refractivity contribution is 0.900. The van der Waals surface area contributed by atoms with Crippen LogP contribution in [0.1, 0.15) is 37.4 Å². The Bertz CT molecular complexity index is 568. The summed E-state index contributed by atoms with van der Waals surface area (Å²) in [7, 11) is 0. The molecule has 2 N–H and O–H groups in total. The second-order valence-electron chi connectivity index (χ2n) is 4.92. The van der Waals surface area contributed by atoms with Crippen LogP contribution in [0.25, 0.3) is 0 Å². The number of nitrogens with one attached hydrogen (secondary N) is 2. The van der Waals surface area contributed by atoms with E-state index >= 15 is 0 Å². The summed E-state index contributed by atoms with van der Waals surface area (Å²) in [5, 5.41) is 6.74. The molecule has 0 aliphatic rings. The van der Waals surface area contributed by atoms with Gasteiger partial charge in [0.25, 0.3) is 0 Å². The lowest BCUT2D eigenvalue weighted by Gasteiger charge is -2.14. The number of anilines is 2. The molecule has 2 rings (SSSR count). The molecule has 112 valence electrons. The third-order valence-corrected chi connectivity index (χ3v) is 3.21. The predicted octanol–water partition coefficient (Wildman–Crippen LogP) is 3.18. The quantitative estimate of drug-likeness (QED) is 0.818. The third-order valence-electron chi connectivity index (χ3n) is 3.21. The average molecular weight is 285 g/mol. The number of aromatic nitrogens is 3. The van der Waals surface area contributed by atoms with E-state index in [4.69, 9.17) is 0 Å². The van der Waals surface area contributed by atoms with Crippen LogP contribution in [-0.2, 0) is 13.0 Å². The predicted molar refractivity (Wildman–Crippen MR) is 86.5 cm³/mol. The maximum Gasteiger partial charge on any atom is 0.135 e. The van der Waals surface area contributed by atoms with E-state index in [1.54, 1.807) is 6.20 Å². The molecule has 5 nitrogen and oxygen atoms in total. The highest BCUT2D eigenvalue weighted by atomic mass is 15.1. The maximum atomic E-state index is 4.58. The first-order valence-electron chi connectivity index (χ1n) is 7.49. The Morgan fingerprint density at radius 1 is 1.05 bits per heavy atom. The highest BCUT2D eigenvalue weighted by molar-refractivity contribution is 5.57. The van der Waals surface area contributed by atoms with Gasteiger partial charge in [0.15, 0.2) is 0 Å². The smallest absolute Gasteiger partial charge is 0.135 e. The molecule has 21 heavy (non-hydrogen) atoms. The molecule has 0 unspecified atom stereocenters. The van der Waals surface area contributed by atoms with Crippen LogP contribution < -0.4 is 10.6 Å². The van der Waals surface area contributed by atoms with Gasteiger partial charge < -0.3 is 10.6 Å². The molecule has 2 aromatic heterocycles. The van der Waals surface area contributed by atoms with Crippen LogP contribution in [0.3, 0.4) is 0 Å². The van der Waals surface area contributed by atoms with Gasteiger partial charge in [-0.05, 0) is 25.5 Å². The summed E-state index contributed by atoms with van der Waals surface area (Å²) in [5.74, 6) is 2.65. The van der Waals surface area contributed by atoms with Gasteiger partial charge in [0.05, 0.1) is 12.2 Å². The van der Waals surface area contributed by atoms with Crippen molar-refractivity contribution in [3.05, 3.63) is 41.5 Å². The van der Waals surface area contributed by atoms with Gasteiger partial charge in [-0.25, -0.2) is 9.97 Å². The minimum absolute atomic E-state index is 0.662. The summed E-state index contributed by atoms with van der Waals surface area (Å²) in [6.45, 7) is 7.83. The van der Waals surface area contributed by atoms with Crippen LogP contribution in [0.4, 0.5) is 11.6 Å². The number of pyridine rings is 1. The standard InChI is InChI=1S/C16H23N5/c1-4-9-18-15-12(3)16(21-14(5-2)20-15)19-11-13-8-6-7-10-17-13/h6-8,10H,4-5,9,11H2,1-3H3,(H2,18,19,20,21). The van der Waals surface area contributed by atoms with Crippen molar-refractivity contribution in [2.75, 3.05) is 17.2 Å². The average Bonchev–Trinajstić information content (AvgIpc) is 2.53. The van der Waals surface area contributed by atoms with E-state index < -0.39 is 0 Å². The monoisotopic (exact) mass is 285 g/mol. The molecule has 0 aliphatic carbocycles. The van der Waals surface area contributed by atoms with Gasteiger partial charge in [-0.15, -0.1) is 0 Å². The topological polar surface area (TPSA) is 62.7 Å². The van der Waals surface area contributed by atoms with Gasteiger partial charge in [0, 0.05) is 24.7 Å². The van der Waals surface area contributed by atoms with E-state index in [2.05, 4.69) is 39.4 Å². The SMILES string of the molecule is CCCNc1nc(CC)nc(NCc2ccccn2)c1C. The Hall–Kier alpha value is -2.17. The number of hydrogen-bond acceptors (Lipinski definition) is 5. The summed E-state index contributed by atoms with van der Waals surface area (Å²) in [4.78, 5) is 13.5. The second-order valence-corrected chi connectivity index (χ2v) is 4.92. The first-order valence-corrected chi connectivity index (χ1v) is 7.49.